The van der Waals surface area contributed by atoms with Crippen LogP contribution in [0.5, 0.6) is 5.75 Å². The fraction of sp³-hybridized carbons (Fsp3) is 0.440. The number of nitrogens with zero attached hydrogens (tertiary/aromatic N) is 5. The van der Waals surface area contributed by atoms with Crippen molar-refractivity contribution in [2.45, 2.75) is 19.0 Å². The fourth-order valence-electron chi connectivity index (χ4n) is 4.24. The number of rotatable bonds is 9. The smallest absolute Gasteiger partial charge is 0.245 e. The second-order valence-electron chi connectivity index (χ2n) is 8.66. The summed E-state index contributed by atoms with van der Waals surface area (Å²) in [6, 6.07) is 5.13. The van der Waals surface area contributed by atoms with Crippen LogP contribution in [0.4, 0.5) is 4.39 Å². The van der Waals surface area contributed by atoms with Crippen LogP contribution in [0.3, 0.4) is 0 Å². The van der Waals surface area contributed by atoms with Crippen LogP contribution in [0.1, 0.15) is 12.0 Å². The average molecular weight is 484 g/mol. The van der Waals surface area contributed by atoms with E-state index < -0.39 is 5.82 Å². The van der Waals surface area contributed by atoms with Gasteiger partial charge in [-0.1, -0.05) is 18.7 Å². The predicted molar refractivity (Wildman–Crippen MR) is 127 cm³/mol. The van der Waals surface area contributed by atoms with Crippen molar-refractivity contribution in [3.63, 3.8) is 0 Å². The van der Waals surface area contributed by atoms with Crippen LogP contribution < -0.4 is 4.74 Å². The Morgan fingerprint density at radius 2 is 2.26 bits per heavy atom. The quantitative estimate of drug-likeness (QED) is 0.502. The summed E-state index contributed by atoms with van der Waals surface area (Å²) in [6.07, 6.45) is 5.06. The molecule has 10 heteroatoms. The Bertz CT molecular complexity index is 1080. The Morgan fingerprint density at radius 1 is 1.40 bits per heavy atom. The van der Waals surface area contributed by atoms with Crippen molar-refractivity contribution in [2.24, 2.45) is 0 Å². The van der Waals surface area contributed by atoms with Gasteiger partial charge in [0.2, 0.25) is 11.8 Å². The van der Waals surface area contributed by atoms with E-state index in [1.165, 1.54) is 29.6 Å². The molecule has 1 aromatic carbocycles. The highest BCUT2D eigenvalue weighted by Crippen LogP contribution is 2.29. The average Bonchev–Trinajstić information content (AvgIpc) is 3.41. The number of likely N-dealkylation sites (N-methyl/N-ethyl adjacent to an activating group) is 1. The first-order valence-electron chi connectivity index (χ1n) is 11.6. The van der Waals surface area contributed by atoms with Crippen LogP contribution in [0, 0.1) is 5.82 Å². The van der Waals surface area contributed by atoms with Gasteiger partial charge in [-0.3, -0.25) is 14.5 Å². The van der Waals surface area contributed by atoms with Crippen LogP contribution >= 0.6 is 0 Å². The summed E-state index contributed by atoms with van der Waals surface area (Å²) in [5, 5.41) is 0. The highest BCUT2D eigenvalue weighted by molar-refractivity contribution is 5.86. The number of piperazine rings is 1. The molecule has 0 bridgehead atoms. The molecule has 1 unspecified atom stereocenters. The molecule has 186 valence electrons. The van der Waals surface area contributed by atoms with Gasteiger partial charge in [0, 0.05) is 50.5 Å². The summed E-state index contributed by atoms with van der Waals surface area (Å²) in [5.74, 6) is -0.231. The Hall–Kier alpha value is -3.37. The molecule has 3 heterocycles. The van der Waals surface area contributed by atoms with Crippen LogP contribution in [-0.4, -0.2) is 95.6 Å². The van der Waals surface area contributed by atoms with Gasteiger partial charge in [0.15, 0.2) is 5.75 Å². The van der Waals surface area contributed by atoms with Crippen molar-refractivity contribution in [1.82, 2.24) is 24.7 Å². The zero-order valence-corrected chi connectivity index (χ0v) is 19.9. The van der Waals surface area contributed by atoms with Gasteiger partial charge in [0.05, 0.1) is 25.9 Å². The van der Waals surface area contributed by atoms with Gasteiger partial charge in [-0.2, -0.15) is 0 Å². The lowest BCUT2D eigenvalue weighted by molar-refractivity contribution is -0.137. The van der Waals surface area contributed by atoms with Gasteiger partial charge in [-0.15, -0.1) is 0 Å². The maximum absolute atomic E-state index is 15.1. The topological polar surface area (TPSA) is 88.1 Å². The van der Waals surface area contributed by atoms with Gasteiger partial charge in [-0.25, -0.2) is 14.4 Å². The Morgan fingerprint density at radius 3 is 2.97 bits per heavy atom. The van der Waals surface area contributed by atoms with Crippen molar-refractivity contribution >= 4 is 11.8 Å². The summed E-state index contributed by atoms with van der Waals surface area (Å²) < 4.78 is 26.3. The van der Waals surface area contributed by atoms with Gasteiger partial charge >= 0.3 is 0 Å². The maximum atomic E-state index is 15.1. The van der Waals surface area contributed by atoms with Gasteiger partial charge < -0.3 is 19.3 Å². The van der Waals surface area contributed by atoms with E-state index in [0.29, 0.717) is 54.9 Å². The number of halogens is 1. The van der Waals surface area contributed by atoms with Crippen molar-refractivity contribution in [2.75, 3.05) is 53.0 Å². The minimum Gasteiger partial charge on any atom is -0.488 e. The summed E-state index contributed by atoms with van der Waals surface area (Å²) in [4.78, 5) is 37.9. The van der Waals surface area contributed by atoms with Gasteiger partial charge in [0.1, 0.15) is 24.4 Å². The number of aromatic nitrogens is 2. The molecular weight excluding hydrogens is 453 g/mol. The summed E-state index contributed by atoms with van der Waals surface area (Å²) in [7, 11) is 1.65. The van der Waals surface area contributed by atoms with Crippen molar-refractivity contribution < 1.29 is 23.5 Å². The molecule has 0 radical (unpaired) electrons. The molecule has 4 rings (SSSR count). The number of carbonyl (C=O) groups excluding carboxylic acids is 2. The van der Waals surface area contributed by atoms with Crippen LogP contribution in [-0.2, 0) is 20.9 Å². The lowest BCUT2D eigenvalue weighted by Crippen LogP contribution is -2.53. The molecule has 0 spiro atoms. The minimum atomic E-state index is -0.414. The Balaban J connectivity index is 1.39. The van der Waals surface area contributed by atoms with E-state index >= 15 is 4.39 Å². The summed E-state index contributed by atoms with van der Waals surface area (Å²) in [6.45, 7) is 7.31. The first-order valence-corrected chi connectivity index (χ1v) is 11.6. The van der Waals surface area contributed by atoms with Crippen molar-refractivity contribution in [3.8, 4) is 17.0 Å². The molecule has 2 fully saturated rings. The number of carbonyl (C=O) groups is 2. The van der Waals surface area contributed by atoms with Gasteiger partial charge in [-0.05, 0) is 18.6 Å². The van der Waals surface area contributed by atoms with E-state index in [9.17, 15) is 9.59 Å². The van der Waals surface area contributed by atoms with E-state index in [2.05, 4.69) is 21.4 Å². The first kappa shape index (κ1) is 24.7. The van der Waals surface area contributed by atoms with Crippen LogP contribution in [0.15, 0.2) is 43.4 Å². The van der Waals surface area contributed by atoms with E-state index in [0.717, 1.165) is 19.6 Å². The lowest BCUT2D eigenvalue weighted by Gasteiger charge is -2.37. The molecule has 2 saturated heterocycles. The SMILES string of the molecule is C=CC(=O)N(C)CCOc1cncnc1-c1ccc(CN2CCN(C3CCOC3)CC2=O)c(F)c1. The number of ether oxygens (including phenoxy) is 2. The predicted octanol–water partition coefficient (Wildman–Crippen LogP) is 1.74. The molecule has 2 aliphatic heterocycles. The van der Waals surface area contributed by atoms with E-state index in [1.807, 2.05) is 0 Å². The Labute approximate surface area is 204 Å². The van der Waals surface area contributed by atoms with Crippen LogP contribution in [0.2, 0.25) is 0 Å². The largest absolute Gasteiger partial charge is 0.488 e. The molecule has 0 N–H and O–H groups in total. The number of hydrogen-bond donors (Lipinski definition) is 0. The third kappa shape index (κ3) is 6.01. The zero-order chi connectivity index (χ0) is 24.8. The molecule has 9 nitrogen and oxygen atoms in total. The van der Waals surface area contributed by atoms with E-state index in [1.54, 1.807) is 24.1 Å². The molecule has 2 amide bonds. The molecule has 35 heavy (non-hydrogen) atoms. The van der Waals surface area contributed by atoms with Crippen LogP contribution in [0.25, 0.3) is 11.3 Å². The van der Waals surface area contributed by atoms with Crippen molar-refractivity contribution in [3.05, 3.63) is 54.8 Å². The number of hydrogen-bond acceptors (Lipinski definition) is 7. The van der Waals surface area contributed by atoms with Crippen molar-refractivity contribution in [1.29, 1.82) is 0 Å². The second-order valence-corrected chi connectivity index (χ2v) is 8.66. The minimum absolute atomic E-state index is 0.00184. The fourth-order valence-corrected chi connectivity index (χ4v) is 4.24. The molecule has 1 atom stereocenters. The normalized spacial score (nSPS) is 18.5. The molecule has 0 saturated carbocycles. The van der Waals surface area contributed by atoms with Gasteiger partial charge in [0.25, 0.3) is 0 Å². The third-order valence-corrected chi connectivity index (χ3v) is 6.37. The number of amides is 2. The monoisotopic (exact) mass is 483 g/mol. The standard InChI is InChI=1S/C25H30FN5O4/c1-3-23(32)29(2)9-11-35-22-13-27-17-28-25(22)18-4-5-19(21(26)12-18)14-31-8-7-30(15-24(31)33)20-6-10-34-16-20/h3-5,12-13,17,20H,1,6-11,14-16H2,2H3. The molecule has 2 aliphatic rings. The zero-order valence-electron chi connectivity index (χ0n) is 19.9. The molecule has 0 aliphatic carbocycles. The molecule has 2 aromatic rings. The lowest BCUT2D eigenvalue weighted by atomic mass is 10.1. The maximum Gasteiger partial charge on any atom is 0.245 e. The van der Waals surface area contributed by atoms with E-state index in [4.69, 9.17) is 9.47 Å². The molecule has 1 aromatic heterocycles. The highest BCUT2D eigenvalue weighted by Gasteiger charge is 2.31. The van der Waals surface area contributed by atoms with E-state index in [-0.39, 0.29) is 25.0 Å². The second kappa shape index (κ2) is 11.4. The Kier molecular flexibility index (Phi) is 8.04. The summed E-state index contributed by atoms with van der Waals surface area (Å²) in [5.41, 5.74) is 1.43. The summed E-state index contributed by atoms with van der Waals surface area (Å²) >= 11 is 0. The number of benzene rings is 1. The third-order valence-electron chi connectivity index (χ3n) is 6.37. The highest BCUT2D eigenvalue weighted by atomic mass is 19.1. The first-order chi connectivity index (χ1) is 17.0. The molecular formula is C25H30FN5O4.